The molecule has 0 atom stereocenters. The van der Waals surface area contributed by atoms with Gasteiger partial charge in [0.15, 0.2) is 0 Å². The molecular formula is C11H16N2O3S2. The van der Waals surface area contributed by atoms with E-state index < -0.39 is 10.0 Å². The second-order valence-electron chi connectivity index (χ2n) is 3.73. The van der Waals surface area contributed by atoms with Crippen LogP contribution in [0.25, 0.3) is 0 Å². The van der Waals surface area contributed by atoms with E-state index in [1.165, 1.54) is 6.92 Å². The van der Waals surface area contributed by atoms with Crippen LogP contribution in [0.4, 0.5) is 0 Å². The average molecular weight is 288 g/mol. The summed E-state index contributed by atoms with van der Waals surface area (Å²) in [6.07, 6.45) is 0. The Kier molecular flexibility index (Phi) is 5.64. The molecule has 2 N–H and O–H groups in total. The maximum Gasteiger partial charge on any atom is 0.249 e. The minimum absolute atomic E-state index is 0.128. The van der Waals surface area contributed by atoms with Gasteiger partial charge in [-0.1, -0.05) is 29.6 Å². The first-order valence-electron chi connectivity index (χ1n) is 5.36. The molecule has 0 saturated heterocycles. The molecule has 0 bridgehead atoms. The second-order valence-corrected chi connectivity index (χ2v) is 6.57. The summed E-state index contributed by atoms with van der Waals surface area (Å²) >= 11 is 1.05. The first kappa shape index (κ1) is 15.0. The minimum atomic E-state index is -3.48. The predicted octanol–water partition coefficient (Wildman–Crippen LogP) is 1.06. The number of aryl methyl sites for hydroxylation is 1. The highest BCUT2D eigenvalue weighted by Gasteiger charge is 2.12. The summed E-state index contributed by atoms with van der Waals surface area (Å²) in [5.41, 5.74) is 1.01. The summed E-state index contributed by atoms with van der Waals surface area (Å²) in [7, 11) is -3.48. The summed E-state index contributed by atoms with van der Waals surface area (Å²) < 4.78 is 26.0. The highest BCUT2D eigenvalue weighted by atomic mass is 32.3. The lowest BCUT2D eigenvalue weighted by atomic mass is 10.2. The highest BCUT2D eigenvalue weighted by molar-refractivity contribution is 8.09. The van der Waals surface area contributed by atoms with Crippen LogP contribution in [0.3, 0.4) is 0 Å². The SMILES string of the molecule is CC(=O)NCCSNS(=O)(=O)c1ccc(C)cc1. The molecule has 0 aliphatic carbocycles. The summed E-state index contributed by atoms with van der Waals surface area (Å²) in [5, 5.41) is 2.58. The largest absolute Gasteiger partial charge is 0.355 e. The van der Waals surface area contributed by atoms with Crippen molar-refractivity contribution in [2.45, 2.75) is 18.7 Å². The van der Waals surface area contributed by atoms with Gasteiger partial charge >= 0.3 is 0 Å². The normalized spacial score (nSPS) is 11.2. The summed E-state index contributed by atoms with van der Waals surface area (Å²) in [4.78, 5) is 10.8. The monoisotopic (exact) mass is 288 g/mol. The molecule has 0 saturated carbocycles. The highest BCUT2D eigenvalue weighted by Crippen LogP contribution is 2.12. The number of nitrogens with one attached hydrogen (secondary N) is 2. The van der Waals surface area contributed by atoms with Crippen LogP contribution in [-0.4, -0.2) is 26.6 Å². The molecule has 7 heteroatoms. The van der Waals surface area contributed by atoms with Gasteiger partial charge in [-0.2, -0.15) is 4.13 Å². The van der Waals surface area contributed by atoms with Crippen molar-refractivity contribution in [3.05, 3.63) is 29.8 Å². The van der Waals surface area contributed by atoms with Crippen molar-refractivity contribution in [3.63, 3.8) is 0 Å². The van der Waals surface area contributed by atoms with Gasteiger partial charge in [0.2, 0.25) is 15.9 Å². The molecule has 0 unspecified atom stereocenters. The van der Waals surface area contributed by atoms with E-state index in [9.17, 15) is 13.2 Å². The van der Waals surface area contributed by atoms with Gasteiger partial charge in [0, 0.05) is 19.2 Å². The maximum absolute atomic E-state index is 11.8. The molecule has 0 aliphatic rings. The molecule has 1 rings (SSSR count). The Morgan fingerprint density at radius 1 is 1.28 bits per heavy atom. The van der Waals surface area contributed by atoms with E-state index in [0.29, 0.717) is 12.3 Å². The number of rotatable bonds is 6. The van der Waals surface area contributed by atoms with E-state index in [4.69, 9.17) is 0 Å². The van der Waals surface area contributed by atoms with Crippen LogP contribution in [0.2, 0.25) is 0 Å². The van der Waals surface area contributed by atoms with Crippen LogP contribution in [0.15, 0.2) is 29.2 Å². The molecule has 18 heavy (non-hydrogen) atoms. The summed E-state index contributed by atoms with van der Waals surface area (Å²) in [6, 6.07) is 6.62. The van der Waals surface area contributed by atoms with E-state index in [1.54, 1.807) is 24.3 Å². The smallest absolute Gasteiger partial charge is 0.249 e. The second kappa shape index (κ2) is 6.77. The third kappa shape index (κ3) is 5.07. The zero-order valence-electron chi connectivity index (χ0n) is 10.3. The number of carbonyl (C=O) groups is 1. The van der Waals surface area contributed by atoms with E-state index in [-0.39, 0.29) is 10.8 Å². The Bertz CT molecular complexity index is 498. The van der Waals surface area contributed by atoms with Crippen molar-refractivity contribution in [3.8, 4) is 0 Å². The Labute approximate surface area is 112 Å². The Morgan fingerprint density at radius 2 is 1.89 bits per heavy atom. The van der Waals surface area contributed by atoms with Crippen molar-refractivity contribution < 1.29 is 13.2 Å². The molecule has 0 aromatic heterocycles. The van der Waals surface area contributed by atoms with Crippen molar-refractivity contribution in [2.24, 2.45) is 0 Å². The number of hydrogen-bond donors (Lipinski definition) is 2. The van der Waals surface area contributed by atoms with E-state index in [2.05, 4.69) is 9.44 Å². The number of carbonyl (C=O) groups excluding carboxylic acids is 1. The Hall–Kier alpha value is -1.05. The molecule has 5 nitrogen and oxygen atoms in total. The molecule has 0 spiro atoms. The quantitative estimate of drug-likeness (QED) is 0.606. The molecule has 100 valence electrons. The van der Waals surface area contributed by atoms with Crippen LogP contribution in [-0.2, 0) is 14.8 Å². The van der Waals surface area contributed by atoms with Gasteiger partial charge in [0.25, 0.3) is 0 Å². The van der Waals surface area contributed by atoms with Crippen molar-refractivity contribution in [1.82, 2.24) is 9.44 Å². The number of sulfonamides is 1. The van der Waals surface area contributed by atoms with Gasteiger partial charge in [0.05, 0.1) is 4.90 Å². The molecule has 0 heterocycles. The van der Waals surface area contributed by atoms with Gasteiger partial charge in [-0.05, 0) is 19.1 Å². The molecule has 0 aliphatic heterocycles. The third-order valence-electron chi connectivity index (χ3n) is 2.08. The first-order chi connectivity index (χ1) is 8.42. The fourth-order valence-electron chi connectivity index (χ4n) is 1.16. The minimum Gasteiger partial charge on any atom is -0.355 e. The van der Waals surface area contributed by atoms with Crippen molar-refractivity contribution in [2.75, 3.05) is 12.3 Å². The summed E-state index contributed by atoms with van der Waals surface area (Å²) in [5.74, 6) is 0.349. The average Bonchev–Trinajstić information content (AvgIpc) is 2.28. The van der Waals surface area contributed by atoms with Crippen molar-refractivity contribution in [1.29, 1.82) is 0 Å². The number of benzene rings is 1. The van der Waals surface area contributed by atoms with E-state index in [0.717, 1.165) is 17.5 Å². The molecule has 0 radical (unpaired) electrons. The lowest BCUT2D eigenvalue weighted by Gasteiger charge is -2.06. The zero-order valence-corrected chi connectivity index (χ0v) is 11.9. The molecule has 1 aromatic rings. The fraction of sp³-hybridized carbons (Fsp3) is 0.364. The maximum atomic E-state index is 11.8. The number of amides is 1. The van der Waals surface area contributed by atoms with Crippen molar-refractivity contribution >= 4 is 27.9 Å². The van der Waals surface area contributed by atoms with Crippen LogP contribution in [0.5, 0.6) is 0 Å². The third-order valence-corrected chi connectivity index (χ3v) is 4.73. The fourth-order valence-corrected chi connectivity index (χ4v) is 3.20. The Morgan fingerprint density at radius 3 is 2.44 bits per heavy atom. The Balaban J connectivity index is 2.45. The summed E-state index contributed by atoms with van der Waals surface area (Å²) in [6.45, 7) is 3.74. The van der Waals surface area contributed by atoms with Gasteiger partial charge < -0.3 is 5.32 Å². The molecule has 1 aromatic carbocycles. The first-order valence-corrected chi connectivity index (χ1v) is 7.83. The van der Waals surface area contributed by atoms with Gasteiger partial charge in [-0.15, -0.1) is 0 Å². The van der Waals surface area contributed by atoms with Gasteiger partial charge in [-0.3, -0.25) is 4.79 Å². The molecule has 0 fully saturated rings. The topological polar surface area (TPSA) is 75.3 Å². The predicted molar refractivity (Wildman–Crippen MR) is 72.6 cm³/mol. The van der Waals surface area contributed by atoms with Gasteiger partial charge in [0.1, 0.15) is 0 Å². The lowest BCUT2D eigenvalue weighted by Crippen LogP contribution is -2.25. The zero-order chi connectivity index (χ0) is 13.6. The lowest BCUT2D eigenvalue weighted by molar-refractivity contribution is -0.118. The standard InChI is InChI=1S/C11H16N2O3S2/c1-9-3-5-11(6-4-9)18(15,16)13-17-8-7-12-10(2)14/h3-6,13H,7-8H2,1-2H3,(H,12,14). The van der Waals surface area contributed by atoms with Crippen LogP contribution in [0, 0.1) is 6.92 Å². The van der Waals surface area contributed by atoms with Crippen LogP contribution >= 0.6 is 11.9 Å². The molecule has 1 amide bonds. The number of hydrogen-bond acceptors (Lipinski definition) is 4. The van der Waals surface area contributed by atoms with E-state index in [1.807, 2.05) is 6.92 Å². The van der Waals surface area contributed by atoms with Gasteiger partial charge in [-0.25, -0.2) is 8.42 Å². The van der Waals surface area contributed by atoms with Crippen LogP contribution in [0.1, 0.15) is 12.5 Å². The molecular weight excluding hydrogens is 272 g/mol. The van der Waals surface area contributed by atoms with Crippen LogP contribution < -0.4 is 9.44 Å². The van der Waals surface area contributed by atoms with E-state index >= 15 is 0 Å².